The van der Waals surface area contributed by atoms with Gasteiger partial charge < -0.3 is 16.0 Å². The van der Waals surface area contributed by atoms with Gasteiger partial charge in [0.15, 0.2) is 5.13 Å². The molecule has 3 amide bonds. The molecular formula is C20H20N4O3S. The van der Waals surface area contributed by atoms with Crippen molar-refractivity contribution in [3.05, 3.63) is 48.0 Å². The van der Waals surface area contributed by atoms with Gasteiger partial charge in [0.2, 0.25) is 11.8 Å². The van der Waals surface area contributed by atoms with Crippen LogP contribution in [0.15, 0.2) is 42.5 Å². The minimum absolute atomic E-state index is 0.0753. The average Bonchev–Trinajstić information content (AvgIpc) is 3.02. The van der Waals surface area contributed by atoms with Crippen molar-refractivity contribution >= 4 is 55.8 Å². The topological polar surface area (TPSA) is 100 Å². The van der Waals surface area contributed by atoms with Crippen LogP contribution in [0, 0.1) is 5.92 Å². The lowest BCUT2D eigenvalue weighted by atomic mass is 10.1. The maximum atomic E-state index is 12.5. The molecule has 0 unspecified atom stereocenters. The third-order valence-corrected chi connectivity index (χ3v) is 4.80. The minimum Gasteiger partial charge on any atom is -0.326 e. The maximum absolute atomic E-state index is 12.5. The largest absolute Gasteiger partial charge is 0.326 e. The standard InChI is InChI=1S/C20H20N4O3S/c1-11(2)18(26)22-14-6-4-13(5-7-14)19(27)23-15-8-9-16-17(10-15)28-20(24-16)21-12(3)25/h4-11H,1-3H3,(H,22,26)(H,23,27)(H,21,24,25). The van der Waals surface area contributed by atoms with Crippen molar-refractivity contribution in [3.8, 4) is 0 Å². The van der Waals surface area contributed by atoms with Gasteiger partial charge in [-0.05, 0) is 42.5 Å². The molecule has 0 fully saturated rings. The predicted octanol–water partition coefficient (Wildman–Crippen LogP) is 4.10. The van der Waals surface area contributed by atoms with Crippen LogP contribution in [0.3, 0.4) is 0 Å². The van der Waals surface area contributed by atoms with Gasteiger partial charge in [-0.1, -0.05) is 25.2 Å². The molecule has 0 saturated heterocycles. The Morgan fingerprint density at radius 3 is 2.25 bits per heavy atom. The number of carbonyl (C=O) groups is 3. The molecule has 7 nitrogen and oxygen atoms in total. The lowest BCUT2D eigenvalue weighted by molar-refractivity contribution is -0.119. The van der Waals surface area contributed by atoms with Gasteiger partial charge in [0, 0.05) is 29.8 Å². The molecule has 0 aliphatic heterocycles. The first-order valence-corrected chi connectivity index (χ1v) is 9.54. The van der Waals surface area contributed by atoms with Gasteiger partial charge in [-0.3, -0.25) is 14.4 Å². The molecule has 2 aromatic carbocycles. The highest BCUT2D eigenvalue weighted by Gasteiger charge is 2.11. The number of hydrogen-bond acceptors (Lipinski definition) is 5. The molecule has 8 heteroatoms. The number of nitrogens with one attached hydrogen (secondary N) is 3. The van der Waals surface area contributed by atoms with E-state index in [-0.39, 0.29) is 23.6 Å². The lowest BCUT2D eigenvalue weighted by Crippen LogP contribution is -2.18. The second kappa shape index (κ2) is 8.18. The molecule has 3 N–H and O–H groups in total. The van der Waals surface area contributed by atoms with E-state index in [0.717, 1.165) is 10.2 Å². The maximum Gasteiger partial charge on any atom is 0.255 e. The molecule has 0 spiro atoms. The molecule has 0 aliphatic carbocycles. The summed E-state index contributed by atoms with van der Waals surface area (Å²) in [6.07, 6.45) is 0. The zero-order valence-electron chi connectivity index (χ0n) is 15.7. The van der Waals surface area contributed by atoms with Crippen LogP contribution < -0.4 is 16.0 Å². The quantitative estimate of drug-likeness (QED) is 0.604. The highest BCUT2D eigenvalue weighted by molar-refractivity contribution is 7.22. The van der Waals surface area contributed by atoms with Crippen molar-refractivity contribution in [1.29, 1.82) is 0 Å². The normalized spacial score (nSPS) is 10.7. The molecule has 28 heavy (non-hydrogen) atoms. The van der Waals surface area contributed by atoms with E-state index in [1.54, 1.807) is 36.4 Å². The van der Waals surface area contributed by atoms with Crippen molar-refractivity contribution in [3.63, 3.8) is 0 Å². The van der Waals surface area contributed by atoms with Crippen LogP contribution in [0.25, 0.3) is 10.2 Å². The molecule has 0 aliphatic rings. The SMILES string of the molecule is CC(=O)Nc1nc2ccc(NC(=O)c3ccc(NC(=O)C(C)C)cc3)cc2s1. The minimum atomic E-state index is -0.257. The summed E-state index contributed by atoms with van der Waals surface area (Å²) in [6, 6.07) is 12.1. The number of carbonyl (C=O) groups excluding carboxylic acids is 3. The van der Waals surface area contributed by atoms with Gasteiger partial charge >= 0.3 is 0 Å². The second-order valence-corrected chi connectivity index (χ2v) is 7.59. The molecular weight excluding hydrogens is 376 g/mol. The van der Waals surface area contributed by atoms with Crippen molar-refractivity contribution in [2.75, 3.05) is 16.0 Å². The first-order chi connectivity index (χ1) is 13.3. The van der Waals surface area contributed by atoms with E-state index in [0.29, 0.717) is 22.1 Å². The van der Waals surface area contributed by atoms with Crippen molar-refractivity contribution in [2.24, 2.45) is 5.92 Å². The second-order valence-electron chi connectivity index (χ2n) is 6.56. The average molecular weight is 396 g/mol. The van der Waals surface area contributed by atoms with Crippen LogP contribution in [-0.4, -0.2) is 22.7 Å². The Labute approximate surface area is 166 Å². The van der Waals surface area contributed by atoms with E-state index in [2.05, 4.69) is 20.9 Å². The summed E-state index contributed by atoms with van der Waals surface area (Å²) < 4.78 is 0.855. The monoisotopic (exact) mass is 396 g/mol. The Bertz CT molecular complexity index is 1040. The van der Waals surface area contributed by atoms with Gasteiger partial charge in [0.1, 0.15) is 0 Å². The number of benzene rings is 2. The number of amides is 3. The van der Waals surface area contributed by atoms with Crippen LogP contribution in [0.5, 0.6) is 0 Å². The molecule has 1 heterocycles. The predicted molar refractivity (Wildman–Crippen MR) is 112 cm³/mol. The first kappa shape index (κ1) is 19.5. The van der Waals surface area contributed by atoms with Crippen LogP contribution >= 0.6 is 11.3 Å². The molecule has 0 atom stereocenters. The molecule has 0 saturated carbocycles. The summed E-state index contributed by atoms with van der Waals surface area (Å²) in [7, 11) is 0. The molecule has 0 bridgehead atoms. The zero-order chi connectivity index (χ0) is 20.3. The van der Waals surface area contributed by atoms with Crippen LogP contribution in [0.1, 0.15) is 31.1 Å². The number of fused-ring (bicyclic) bond motifs is 1. The van der Waals surface area contributed by atoms with E-state index >= 15 is 0 Å². The highest BCUT2D eigenvalue weighted by Crippen LogP contribution is 2.28. The smallest absolute Gasteiger partial charge is 0.255 e. The fourth-order valence-electron chi connectivity index (χ4n) is 2.40. The fourth-order valence-corrected chi connectivity index (χ4v) is 3.35. The van der Waals surface area contributed by atoms with E-state index in [1.165, 1.54) is 18.3 Å². The van der Waals surface area contributed by atoms with E-state index in [4.69, 9.17) is 0 Å². The summed E-state index contributed by atoms with van der Waals surface area (Å²) in [4.78, 5) is 39.7. The molecule has 1 aromatic heterocycles. The number of thiazole rings is 1. The fraction of sp³-hybridized carbons (Fsp3) is 0.200. The van der Waals surface area contributed by atoms with Crippen molar-refractivity contribution in [1.82, 2.24) is 4.98 Å². The summed E-state index contributed by atoms with van der Waals surface area (Å²) >= 11 is 1.34. The number of rotatable bonds is 5. The third-order valence-electron chi connectivity index (χ3n) is 3.87. The highest BCUT2D eigenvalue weighted by atomic mass is 32.1. The van der Waals surface area contributed by atoms with Gasteiger partial charge in [-0.25, -0.2) is 4.98 Å². The summed E-state index contributed by atoms with van der Waals surface area (Å²) in [6.45, 7) is 5.06. The number of hydrogen-bond donors (Lipinski definition) is 3. The molecule has 144 valence electrons. The number of aromatic nitrogens is 1. The van der Waals surface area contributed by atoms with Crippen LogP contribution in [0.4, 0.5) is 16.5 Å². The lowest BCUT2D eigenvalue weighted by Gasteiger charge is -2.09. The van der Waals surface area contributed by atoms with Crippen molar-refractivity contribution in [2.45, 2.75) is 20.8 Å². The van der Waals surface area contributed by atoms with Gasteiger partial charge in [0.25, 0.3) is 5.91 Å². The van der Waals surface area contributed by atoms with Crippen LogP contribution in [0.2, 0.25) is 0 Å². The Hall–Kier alpha value is -3.26. The molecule has 3 aromatic rings. The van der Waals surface area contributed by atoms with Crippen molar-refractivity contribution < 1.29 is 14.4 Å². The van der Waals surface area contributed by atoms with E-state index in [9.17, 15) is 14.4 Å². The number of anilines is 3. The molecule has 0 radical (unpaired) electrons. The van der Waals surface area contributed by atoms with Gasteiger partial charge in [-0.15, -0.1) is 0 Å². The summed E-state index contributed by atoms with van der Waals surface area (Å²) in [5.74, 6) is -0.627. The summed E-state index contributed by atoms with van der Waals surface area (Å²) in [5.41, 5.74) is 2.50. The Morgan fingerprint density at radius 2 is 1.61 bits per heavy atom. The molecule has 3 rings (SSSR count). The zero-order valence-corrected chi connectivity index (χ0v) is 16.5. The van der Waals surface area contributed by atoms with Gasteiger partial charge in [0.05, 0.1) is 10.2 Å². The Kier molecular flexibility index (Phi) is 5.70. The summed E-state index contributed by atoms with van der Waals surface area (Å²) in [5, 5.41) is 8.81. The van der Waals surface area contributed by atoms with Gasteiger partial charge in [-0.2, -0.15) is 0 Å². The van der Waals surface area contributed by atoms with E-state index < -0.39 is 0 Å². The third kappa shape index (κ3) is 4.72. The first-order valence-electron chi connectivity index (χ1n) is 8.72. The van der Waals surface area contributed by atoms with Crippen LogP contribution in [-0.2, 0) is 9.59 Å². The van der Waals surface area contributed by atoms with E-state index in [1.807, 2.05) is 19.9 Å². The Morgan fingerprint density at radius 1 is 0.929 bits per heavy atom. The number of nitrogens with zero attached hydrogens (tertiary/aromatic N) is 1. The Balaban J connectivity index is 1.70.